The summed E-state index contributed by atoms with van der Waals surface area (Å²) in [5.41, 5.74) is 0.313. The topological polar surface area (TPSA) is 43.4 Å². The molecule has 1 saturated carbocycles. The third kappa shape index (κ3) is 1.96. The summed E-state index contributed by atoms with van der Waals surface area (Å²) in [5.74, 6) is 2.71. The predicted molar refractivity (Wildman–Crippen MR) is 67.6 cm³/mol. The molecule has 0 saturated heterocycles. The van der Waals surface area contributed by atoms with Crippen molar-refractivity contribution in [2.24, 2.45) is 11.3 Å². The van der Waals surface area contributed by atoms with Gasteiger partial charge in [0.25, 0.3) is 0 Å². The zero-order valence-corrected chi connectivity index (χ0v) is 10.7. The maximum absolute atomic E-state index is 12.2. The molecular formula is C15H18O3. The molecular weight excluding hydrogens is 228 g/mol. The van der Waals surface area contributed by atoms with Crippen LogP contribution in [0.1, 0.15) is 39.0 Å². The number of carbonyl (C=O) groups excluding carboxylic acids is 2. The molecule has 0 heterocycles. The van der Waals surface area contributed by atoms with E-state index in [1.165, 1.54) is 0 Å². The highest BCUT2D eigenvalue weighted by Gasteiger charge is 2.54. The van der Waals surface area contributed by atoms with Gasteiger partial charge >= 0.3 is 5.97 Å². The second kappa shape index (κ2) is 4.97. The number of terminal acetylenes is 1. The van der Waals surface area contributed by atoms with Crippen molar-refractivity contribution in [1.29, 1.82) is 0 Å². The van der Waals surface area contributed by atoms with Gasteiger partial charge in [-0.2, -0.15) is 0 Å². The molecule has 0 N–H and O–H groups in total. The van der Waals surface area contributed by atoms with Crippen LogP contribution >= 0.6 is 0 Å². The molecule has 2 rings (SSSR count). The zero-order valence-electron chi connectivity index (χ0n) is 10.7. The fourth-order valence-corrected chi connectivity index (χ4v) is 3.20. The number of ketones is 1. The molecule has 2 unspecified atom stereocenters. The van der Waals surface area contributed by atoms with Crippen molar-refractivity contribution in [2.45, 2.75) is 39.0 Å². The average molecular weight is 246 g/mol. The molecule has 2 atom stereocenters. The van der Waals surface area contributed by atoms with Gasteiger partial charge in [-0.25, -0.2) is 0 Å². The van der Waals surface area contributed by atoms with Gasteiger partial charge in [0.05, 0.1) is 12.0 Å². The summed E-state index contributed by atoms with van der Waals surface area (Å²) in [6.07, 6.45) is 10.4. The third-order valence-electron chi connectivity index (χ3n) is 4.01. The van der Waals surface area contributed by atoms with E-state index in [0.29, 0.717) is 13.0 Å². The minimum absolute atomic E-state index is 0.0449. The lowest BCUT2D eigenvalue weighted by atomic mass is 9.81. The van der Waals surface area contributed by atoms with Gasteiger partial charge in [-0.05, 0) is 43.8 Å². The molecule has 3 heteroatoms. The van der Waals surface area contributed by atoms with Gasteiger partial charge in [0.1, 0.15) is 0 Å². The van der Waals surface area contributed by atoms with E-state index in [1.54, 1.807) is 13.0 Å². The number of hydrogen-bond acceptors (Lipinski definition) is 3. The first-order chi connectivity index (χ1) is 8.64. The second-order valence-corrected chi connectivity index (χ2v) is 5.02. The molecule has 0 aromatic rings. The average Bonchev–Trinajstić information content (AvgIpc) is 2.83. The summed E-state index contributed by atoms with van der Waals surface area (Å²) in [5, 5.41) is 0. The molecule has 0 aromatic carbocycles. The molecule has 0 spiro atoms. The van der Waals surface area contributed by atoms with E-state index in [1.807, 2.05) is 0 Å². The number of esters is 1. The molecule has 0 aromatic heterocycles. The van der Waals surface area contributed by atoms with Crippen LogP contribution in [0.25, 0.3) is 0 Å². The van der Waals surface area contributed by atoms with E-state index >= 15 is 0 Å². The monoisotopic (exact) mass is 246 g/mol. The molecule has 18 heavy (non-hydrogen) atoms. The van der Waals surface area contributed by atoms with Gasteiger partial charge < -0.3 is 4.74 Å². The summed E-state index contributed by atoms with van der Waals surface area (Å²) in [7, 11) is 0. The molecule has 2 aliphatic carbocycles. The van der Waals surface area contributed by atoms with Crippen molar-refractivity contribution >= 4 is 11.8 Å². The highest BCUT2D eigenvalue weighted by Crippen LogP contribution is 2.54. The lowest BCUT2D eigenvalue weighted by molar-refractivity contribution is -0.153. The first-order valence-electron chi connectivity index (χ1n) is 6.49. The lowest BCUT2D eigenvalue weighted by Gasteiger charge is -2.24. The molecule has 0 bridgehead atoms. The standard InChI is InChI=1S/C15H18O3/c1-3-5-6-11-7-8-15(14(17)18-4-2)10-12(16)9-13(11)15/h1,9,11H,4-8,10H2,2H3. The minimum Gasteiger partial charge on any atom is -0.465 e. The molecule has 3 nitrogen and oxygen atoms in total. The number of ether oxygens (including phenoxy) is 1. The zero-order chi connectivity index (χ0) is 13.2. The first-order valence-corrected chi connectivity index (χ1v) is 6.49. The Hall–Kier alpha value is -1.56. The fraction of sp³-hybridized carbons (Fsp3) is 0.600. The minimum atomic E-state index is -0.660. The maximum atomic E-state index is 12.2. The quantitative estimate of drug-likeness (QED) is 0.564. The third-order valence-corrected chi connectivity index (χ3v) is 4.01. The summed E-state index contributed by atoms with van der Waals surface area (Å²) in [6, 6.07) is 0. The van der Waals surface area contributed by atoms with E-state index in [-0.39, 0.29) is 24.1 Å². The highest BCUT2D eigenvalue weighted by atomic mass is 16.5. The molecule has 1 fully saturated rings. The first kappa shape index (κ1) is 12.9. The number of hydrogen-bond donors (Lipinski definition) is 0. The van der Waals surface area contributed by atoms with Crippen molar-refractivity contribution in [3.05, 3.63) is 11.6 Å². The van der Waals surface area contributed by atoms with E-state index < -0.39 is 5.41 Å². The second-order valence-electron chi connectivity index (χ2n) is 5.02. The van der Waals surface area contributed by atoms with Crippen molar-refractivity contribution < 1.29 is 14.3 Å². The maximum Gasteiger partial charge on any atom is 0.316 e. The number of fused-ring (bicyclic) bond motifs is 1. The van der Waals surface area contributed by atoms with E-state index in [4.69, 9.17) is 11.2 Å². The van der Waals surface area contributed by atoms with Gasteiger partial charge in [-0.15, -0.1) is 12.3 Å². The Morgan fingerprint density at radius 2 is 2.44 bits per heavy atom. The van der Waals surface area contributed by atoms with Gasteiger partial charge in [0.15, 0.2) is 5.78 Å². The number of rotatable bonds is 4. The number of allylic oxidation sites excluding steroid dienone is 1. The van der Waals surface area contributed by atoms with Crippen LogP contribution in [0.4, 0.5) is 0 Å². The Balaban J connectivity index is 2.22. The van der Waals surface area contributed by atoms with Crippen LogP contribution in [0.15, 0.2) is 11.6 Å². The van der Waals surface area contributed by atoms with Crippen LogP contribution in [0.5, 0.6) is 0 Å². The lowest BCUT2D eigenvalue weighted by Crippen LogP contribution is -2.31. The summed E-state index contributed by atoms with van der Waals surface area (Å²) in [4.78, 5) is 23.8. The molecule has 0 radical (unpaired) electrons. The van der Waals surface area contributed by atoms with E-state index in [2.05, 4.69) is 5.92 Å². The largest absolute Gasteiger partial charge is 0.465 e. The Bertz CT molecular complexity index is 441. The molecule has 0 amide bonds. The molecule has 2 aliphatic rings. The summed E-state index contributed by atoms with van der Waals surface area (Å²) >= 11 is 0. The van der Waals surface area contributed by atoms with Gasteiger partial charge in [0.2, 0.25) is 0 Å². The Kier molecular flexibility index (Phi) is 3.56. The molecule has 0 aliphatic heterocycles. The normalized spacial score (nSPS) is 29.7. The van der Waals surface area contributed by atoms with Crippen LogP contribution in [-0.2, 0) is 14.3 Å². The van der Waals surface area contributed by atoms with Crippen molar-refractivity contribution in [2.75, 3.05) is 6.61 Å². The van der Waals surface area contributed by atoms with Crippen LogP contribution in [0, 0.1) is 23.7 Å². The Morgan fingerprint density at radius 1 is 1.67 bits per heavy atom. The van der Waals surface area contributed by atoms with E-state index in [9.17, 15) is 9.59 Å². The van der Waals surface area contributed by atoms with Gasteiger partial charge in [-0.3, -0.25) is 9.59 Å². The predicted octanol–water partition coefficient (Wildman–Crippen LogP) is 2.26. The van der Waals surface area contributed by atoms with Crippen LogP contribution in [0.3, 0.4) is 0 Å². The van der Waals surface area contributed by atoms with Gasteiger partial charge in [0, 0.05) is 12.8 Å². The van der Waals surface area contributed by atoms with Crippen LogP contribution in [-0.4, -0.2) is 18.4 Å². The summed E-state index contributed by atoms with van der Waals surface area (Å²) in [6.45, 7) is 2.15. The Morgan fingerprint density at radius 3 is 3.11 bits per heavy atom. The number of carbonyl (C=O) groups is 2. The SMILES string of the molecule is C#CCCC1CCC2(C(=O)OCC)CC(=O)C=C12. The van der Waals surface area contributed by atoms with Crippen molar-refractivity contribution in [3.63, 3.8) is 0 Å². The van der Waals surface area contributed by atoms with E-state index in [0.717, 1.165) is 24.8 Å². The van der Waals surface area contributed by atoms with Crippen LogP contribution < -0.4 is 0 Å². The highest BCUT2D eigenvalue weighted by molar-refractivity contribution is 6.01. The fourth-order valence-electron chi connectivity index (χ4n) is 3.20. The van der Waals surface area contributed by atoms with Gasteiger partial charge in [-0.1, -0.05) is 0 Å². The Labute approximate surface area is 108 Å². The summed E-state index contributed by atoms with van der Waals surface area (Å²) < 4.78 is 5.16. The van der Waals surface area contributed by atoms with Crippen molar-refractivity contribution in [1.82, 2.24) is 0 Å². The molecule has 96 valence electrons. The van der Waals surface area contributed by atoms with Crippen LogP contribution in [0.2, 0.25) is 0 Å². The van der Waals surface area contributed by atoms with Crippen molar-refractivity contribution in [3.8, 4) is 12.3 Å². The smallest absolute Gasteiger partial charge is 0.316 e.